The molecule has 3 atom stereocenters. The first-order valence-corrected chi connectivity index (χ1v) is 8.96. The smallest absolute Gasteiger partial charge is 0.326 e. The summed E-state index contributed by atoms with van der Waals surface area (Å²) in [4.78, 5) is 46.8. The van der Waals surface area contributed by atoms with Gasteiger partial charge in [-0.3, -0.25) is 14.4 Å². The molecular weight excluding hydrogens is 366 g/mol. The van der Waals surface area contributed by atoms with Crippen LogP contribution < -0.4 is 16.4 Å². The maximum atomic E-state index is 12.5. The van der Waals surface area contributed by atoms with E-state index in [4.69, 9.17) is 10.8 Å². The lowest BCUT2D eigenvalue weighted by atomic mass is 10.0. The standard InChI is InChI=1S/C19H27N3O6/c1-11(2)16(18(26)21-14(19(27)28)8-9-15(23)24)22-17(25)13(20)10-12-6-4-3-5-7-12/h3-7,11,13-14,16H,8-10,20H2,1-2H3,(H,21,26)(H,22,25)(H,23,24)(H,27,28). The molecule has 0 fully saturated rings. The molecule has 0 aromatic heterocycles. The molecule has 1 rings (SSSR count). The number of carboxylic acid groups (broad SMARTS) is 2. The summed E-state index contributed by atoms with van der Waals surface area (Å²) < 4.78 is 0. The quantitative estimate of drug-likeness (QED) is 0.357. The summed E-state index contributed by atoms with van der Waals surface area (Å²) in [6.07, 6.45) is -0.379. The summed E-state index contributed by atoms with van der Waals surface area (Å²) in [5.74, 6) is -4.07. The van der Waals surface area contributed by atoms with Crippen LogP contribution in [0.25, 0.3) is 0 Å². The van der Waals surface area contributed by atoms with E-state index < -0.39 is 48.3 Å². The Balaban J connectivity index is 2.74. The number of nitrogens with one attached hydrogen (secondary N) is 2. The zero-order valence-corrected chi connectivity index (χ0v) is 15.9. The average molecular weight is 393 g/mol. The fourth-order valence-corrected chi connectivity index (χ4v) is 2.54. The second-order valence-electron chi connectivity index (χ2n) is 6.86. The van der Waals surface area contributed by atoms with Gasteiger partial charge in [-0.1, -0.05) is 44.2 Å². The van der Waals surface area contributed by atoms with E-state index in [1.165, 1.54) is 0 Å². The third-order valence-corrected chi connectivity index (χ3v) is 4.14. The van der Waals surface area contributed by atoms with Gasteiger partial charge in [-0.2, -0.15) is 0 Å². The van der Waals surface area contributed by atoms with Crippen LogP contribution in [0.4, 0.5) is 0 Å². The second-order valence-corrected chi connectivity index (χ2v) is 6.86. The molecule has 9 nitrogen and oxygen atoms in total. The minimum absolute atomic E-state index is 0.261. The molecule has 0 bridgehead atoms. The summed E-state index contributed by atoms with van der Waals surface area (Å²) in [7, 11) is 0. The van der Waals surface area contributed by atoms with Crippen molar-refractivity contribution in [1.82, 2.24) is 10.6 Å². The SMILES string of the molecule is CC(C)C(NC(=O)C(N)Cc1ccccc1)C(=O)NC(CCC(=O)O)C(=O)O. The summed E-state index contributed by atoms with van der Waals surface area (Å²) >= 11 is 0. The molecule has 6 N–H and O–H groups in total. The molecule has 0 spiro atoms. The Hall–Kier alpha value is -2.94. The van der Waals surface area contributed by atoms with Crippen molar-refractivity contribution in [2.75, 3.05) is 0 Å². The number of carbonyl (C=O) groups excluding carboxylic acids is 2. The number of rotatable bonds is 11. The molecule has 1 aromatic rings. The van der Waals surface area contributed by atoms with E-state index in [9.17, 15) is 24.3 Å². The summed E-state index contributed by atoms with van der Waals surface area (Å²) in [5.41, 5.74) is 6.80. The molecule has 0 aliphatic heterocycles. The topological polar surface area (TPSA) is 159 Å². The summed E-state index contributed by atoms with van der Waals surface area (Å²) in [6.45, 7) is 3.39. The van der Waals surface area contributed by atoms with Gasteiger partial charge in [0.25, 0.3) is 0 Å². The Kier molecular flexibility index (Phi) is 9.10. The van der Waals surface area contributed by atoms with E-state index in [1.54, 1.807) is 13.8 Å². The van der Waals surface area contributed by atoms with Crippen molar-refractivity contribution >= 4 is 23.8 Å². The van der Waals surface area contributed by atoms with Gasteiger partial charge in [-0.15, -0.1) is 0 Å². The van der Waals surface area contributed by atoms with Crippen molar-refractivity contribution in [3.63, 3.8) is 0 Å². The molecule has 9 heteroatoms. The van der Waals surface area contributed by atoms with E-state index >= 15 is 0 Å². The third-order valence-electron chi connectivity index (χ3n) is 4.14. The van der Waals surface area contributed by atoms with Crippen LogP contribution in [0.5, 0.6) is 0 Å². The van der Waals surface area contributed by atoms with E-state index in [0.717, 1.165) is 5.56 Å². The Bertz CT molecular complexity index is 692. The molecule has 0 aliphatic carbocycles. The highest BCUT2D eigenvalue weighted by Crippen LogP contribution is 2.07. The monoisotopic (exact) mass is 393 g/mol. The van der Waals surface area contributed by atoms with Crippen LogP contribution in [0.15, 0.2) is 30.3 Å². The lowest BCUT2D eigenvalue weighted by Crippen LogP contribution is -2.56. The van der Waals surface area contributed by atoms with E-state index in [-0.39, 0.29) is 18.8 Å². The van der Waals surface area contributed by atoms with Crippen molar-refractivity contribution in [2.45, 2.75) is 51.2 Å². The van der Waals surface area contributed by atoms with Crippen molar-refractivity contribution in [3.05, 3.63) is 35.9 Å². The number of hydrogen-bond acceptors (Lipinski definition) is 5. The minimum Gasteiger partial charge on any atom is -0.481 e. The van der Waals surface area contributed by atoms with E-state index in [2.05, 4.69) is 10.6 Å². The van der Waals surface area contributed by atoms with Crippen LogP contribution in [0, 0.1) is 5.92 Å². The molecule has 28 heavy (non-hydrogen) atoms. The lowest BCUT2D eigenvalue weighted by Gasteiger charge is -2.25. The highest BCUT2D eigenvalue weighted by Gasteiger charge is 2.30. The number of hydrogen-bond donors (Lipinski definition) is 5. The van der Waals surface area contributed by atoms with Crippen molar-refractivity contribution in [1.29, 1.82) is 0 Å². The molecule has 0 aliphatic rings. The molecule has 1 aromatic carbocycles. The Labute approximate surface area is 163 Å². The van der Waals surface area contributed by atoms with Crippen LogP contribution in [-0.4, -0.2) is 52.1 Å². The number of carbonyl (C=O) groups is 4. The molecule has 154 valence electrons. The molecule has 0 heterocycles. The lowest BCUT2D eigenvalue weighted by molar-refractivity contribution is -0.143. The van der Waals surface area contributed by atoms with E-state index in [0.29, 0.717) is 0 Å². The van der Waals surface area contributed by atoms with Gasteiger partial charge >= 0.3 is 11.9 Å². The van der Waals surface area contributed by atoms with Crippen molar-refractivity contribution < 1.29 is 29.4 Å². The first-order valence-electron chi connectivity index (χ1n) is 8.96. The van der Waals surface area contributed by atoms with Gasteiger partial charge in [0, 0.05) is 6.42 Å². The van der Waals surface area contributed by atoms with Crippen LogP contribution in [0.2, 0.25) is 0 Å². The van der Waals surface area contributed by atoms with Crippen molar-refractivity contribution in [2.24, 2.45) is 11.7 Å². The third kappa shape index (κ3) is 7.75. The zero-order valence-electron chi connectivity index (χ0n) is 15.9. The van der Waals surface area contributed by atoms with E-state index in [1.807, 2.05) is 30.3 Å². The molecule has 3 unspecified atom stereocenters. The average Bonchev–Trinajstić information content (AvgIpc) is 2.62. The van der Waals surface area contributed by atoms with Gasteiger partial charge in [0.15, 0.2) is 0 Å². The number of aliphatic carboxylic acids is 2. The van der Waals surface area contributed by atoms with Crippen LogP contribution >= 0.6 is 0 Å². The number of nitrogens with two attached hydrogens (primary N) is 1. The van der Waals surface area contributed by atoms with Gasteiger partial charge in [0.1, 0.15) is 12.1 Å². The maximum Gasteiger partial charge on any atom is 0.326 e. The van der Waals surface area contributed by atoms with Gasteiger partial charge in [0.05, 0.1) is 6.04 Å². The van der Waals surface area contributed by atoms with Crippen molar-refractivity contribution in [3.8, 4) is 0 Å². The molecule has 2 amide bonds. The molecule has 0 saturated heterocycles. The van der Waals surface area contributed by atoms with Gasteiger partial charge in [0.2, 0.25) is 11.8 Å². The van der Waals surface area contributed by atoms with Gasteiger partial charge in [-0.05, 0) is 24.3 Å². The molecular formula is C19H27N3O6. The number of amides is 2. The first-order chi connectivity index (χ1) is 13.1. The largest absolute Gasteiger partial charge is 0.481 e. The van der Waals surface area contributed by atoms with Crippen LogP contribution in [-0.2, 0) is 25.6 Å². The Morgan fingerprint density at radius 1 is 1.00 bits per heavy atom. The predicted molar refractivity (Wildman–Crippen MR) is 101 cm³/mol. The fourth-order valence-electron chi connectivity index (χ4n) is 2.54. The Morgan fingerprint density at radius 2 is 1.61 bits per heavy atom. The molecule has 0 radical (unpaired) electrons. The zero-order chi connectivity index (χ0) is 21.3. The summed E-state index contributed by atoms with van der Waals surface area (Å²) in [5, 5.41) is 22.7. The van der Waals surface area contributed by atoms with Gasteiger partial charge < -0.3 is 26.6 Å². The molecule has 0 saturated carbocycles. The highest BCUT2D eigenvalue weighted by molar-refractivity contribution is 5.92. The number of carboxylic acids is 2. The Morgan fingerprint density at radius 3 is 2.11 bits per heavy atom. The first kappa shape index (κ1) is 23.1. The second kappa shape index (κ2) is 11.0. The highest BCUT2D eigenvalue weighted by atomic mass is 16.4. The fraction of sp³-hybridized carbons (Fsp3) is 0.474. The maximum absolute atomic E-state index is 12.5. The van der Waals surface area contributed by atoms with Gasteiger partial charge in [-0.25, -0.2) is 4.79 Å². The normalized spacial score (nSPS) is 14.0. The summed E-state index contributed by atoms with van der Waals surface area (Å²) in [6, 6.07) is 5.93. The van der Waals surface area contributed by atoms with Crippen LogP contribution in [0.3, 0.4) is 0 Å². The number of benzene rings is 1. The van der Waals surface area contributed by atoms with Crippen LogP contribution in [0.1, 0.15) is 32.3 Å². The minimum atomic E-state index is -1.36. The predicted octanol–water partition coefficient (Wildman–Crippen LogP) is 0.131.